The molecule has 3 heterocycles. The van der Waals surface area contributed by atoms with Crippen LogP contribution in [0.25, 0.3) is 28.3 Å². The number of aliphatic hydroxyl groups is 1. The van der Waals surface area contributed by atoms with Gasteiger partial charge in [0.15, 0.2) is 23.9 Å². The molecule has 31 heavy (non-hydrogen) atoms. The van der Waals surface area contributed by atoms with Gasteiger partial charge in [-0.1, -0.05) is 19.1 Å². The lowest BCUT2D eigenvalue weighted by Crippen LogP contribution is -3.11. The maximum atomic E-state index is 10.8. The molecular formula is C22H23N6O3+. The Morgan fingerprint density at radius 2 is 2.06 bits per heavy atom. The van der Waals surface area contributed by atoms with Crippen molar-refractivity contribution in [3.8, 4) is 17.7 Å². The molecule has 0 saturated carbocycles. The van der Waals surface area contributed by atoms with Crippen LogP contribution < -0.4 is 4.90 Å². The van der Waals surface area contributed by atoms with E-state index in [2.05, 4.69) is 28.2 Å². The molecule has 0 saturated heterocycles. The summed E-state index contributed by atoms with van der Waals surface area (Å²) in [5.41, 5.74) is 1.83. The van der Waals surface area contributed by atoms with Gasteiger partial charge in [-0.3, -0.25) is 0 Å². The summed E-state index contributed by atoms with van der Waals surface area (Å²) >= 11 is 0. The number of furan rings is 1. The van der Waals surface area contributed by atoms with Gasteiger partial charge < -0.3 is 23.4 Å². The van der Waals surface area contributed by atoms with E-state index in [1.54, 1.807) is 18.4 Å². The van der Waals surface area contributed by atoms with Crippen LogP contribution in [0.2, 0.25) is 0 Å². The first-order chi connectivity index (χ1) is 15.1. The number of allylic oxidation sites excluding steroid dienone is 1. The van der Waals surface area contributed by atoms with E-state index in [-0.39, 0.29) is 17.9 Å². The number of imidazole rings is 1. The Balaban J connectivity index is 1.58. The molecule has 2 N–H and O–H groups in total. The molecule has 0 spiro atoms. The zero-order valence-corrected chi connectivity index (χ0v) is 17.4. The van der Waals surface area contributed by atoms with Crippen molar-refractivity contribution in [2.24, 2.45) is 7.05 Å². The molecule has 0 aliphatic rings. The Morgan fingerprint density at radius 1 is 1.23 bits per heavy atom. The molecule has 0 bridgehead atoms. The van der Waals surface area contributed by atoms with E-state index in [0.717, 1.165) is 28.9 Å². The molecule has 1 atom stereocenters. The van der Waals surface area contributed by atoms with Crippen molar-refractivity contribution < 1.29 is 18.8 Å². The Hall–Kier alpha value is -3.90. The minimum absolute atomic E-state index is 0.0184. The molecule has 0 aliphatic heterocycles. The normalized spacial score (nSPS) is 13.2. The molecule has 0 amide bonds. The summed E-state index contributed by atoms with van der Waals surface area (Å²) in [6.07, 6.45) is 2.43. The van der Waals surface area contributed by atoms with E-state index < -0.39 is 0 Å². The van der Waals surface area contributed by atoms with Crippen molar-refractivity contribution in [3.05, 3.63) is 60.1 Å². The third-order valence-corrected chi connectivity index (χ3v) is 5.03. The van der Waals surface area contributed by atoms with Crippen molar-refractivity contribution in [2.45, 2.75) is 19.9 Å². The molecule has 1 aromatic carbocycles. The largest absolute Gasteiger partial charge is 0.506 e. The highest BCUT2D eigenvalue weighted by Crippen LogP contribution is 2.21. The fourth-order valence-corrected chi connectivity index (χ4v) is 3.57. The predicted molar refractivity (Wildman–Crippen MR) is 113 cm³/mol. The number of nitrogens with one attached hydrogen (secondary N) is 1. The van der Waals surface area contributed by atoms with Gasteiger partial charge in [0.2, 0.25) is 0 Å². The van der Waals surface area contributed by atoms with E-state index in [1.807, 2.05) is 35.9 Å². The molecule has 4 rings (SSSR count). The highest BCUT2D eigenvalue weighted by Gasteiger charge is 2.22. The fraction of sp³-hybridized carbons (Fsp3) is 0.273. The number of hydrogen-bond donors (Lipinski definition) is 2. The van der Waals surface area contributed by atoms with Crippen molar-refractivity contribution in [2.75, 3.05) is 13.1 Å². The lowest BCUT2D eigenvalue weighted by atomic mass is 10.2. The number of rotatable bonds is 8. The smallest absolute Gasteiger partial charge is 0.283 e. The van der Waals surface area contributed by atoms with E-state index >= 15 is 0 Å². The number of fused-ring (bicyclic) bond motifs is 1. The third kappa shape index (κ3) is 4.20. The number of quaternary nitrogens is 1. The second-order valence-electron chi connectivity index (χ2n) is 7.25. The molecule has 9 nitrogen and oxygen atoms in total. The van der Waals surface area contributed by atoms with Crippen molar-refractivity contribution in [1.82, 2.24) is 19.7 Å². The number of benzene rings is 1. The topological polar surface area (TPSA) is 118 Å². The second kappa shape index (κ2) is 8.85. The summed E-state index contributed by atoms with van der Waals surface area (Å²) in [6, 6.07) is 13.2. The van der Waals surface area contributed by atoms with Gasteiger partial charge >= 0.3 is 0 Å². The van der Waals surface area contributed by atoms with Gasteiger partial charge in [0, 0.05) is 7.05 Å². The van der Waals surface area contributed by atoms with Gasteiger partial charge in [0.05, 0.1) is 23.8 Å². The van der Waals surface area contributed by atoms with Gasteiger partial charge in [-0.2, -0.15) is 5.26 Å². The average molecular weight is 419 g/mol. The minimum Gasteiger partial charge on any atom is -0.506 e. The van der Waals surface area contributed by atoms with E-state index in [0.29, 0.717) is 29.9 Å². The highest BCUT2D eigenvalue weighted by atomic mass is 16.4. The molecule has 0 fully saturated rings. The Bertz CT molecular complexity index is 1250. The van der Waals surface area contributed by atoms with E-state index in [9.17, 15) is 10.4 Å². The lowest BCUT2D eigenvalue weighted by molar-refractivity contribution is -0.911. The molecular weight excluding hydrogens is 396 g/mol. The summed E-state index contributed by atoms with van der Waals surface area (Å²) in [5, 5.41) is 28.7. The number of para-hydroxylation sites is 2. The molecule has 4 aromatic rings. The first-order valence-corrected chi connectivity index (χ1v) is 10.0. The summed E-state index contributed by atoms with van der Waals surface area (Å²) in [6.45, 7) is 3.45. The molecule has 0 radical (unpaired) electrons. The van der Waals surface area contributed by atoms with Gasteiger partial charge in [-0.25, -0.2) is 4.98 Å². The van der Waals surface area contributed by atoms with Crippen LogP contribution in [-0.2, 0) is 13.6 Å². The third-order valence-electron chi connectivity index (χ3n) is 5.03. The van der Waals surface area contributed by atoms with E-state index in [1.165, 1.54) is 0 Å². The Morgan fingerprint density at radius 3 is 2.77 bits per heavy atom. The monoisotopic (exact) mass is 419 g/mol. The van der Waals surface area contributed by atoms with Crippen LogP contribution in [0.3, 0.4) is 0 Å². The first kappa shape index (κ1) is 20.4. The summed E-state index contributed by atoms with van der Waals surface area (Å²) in [7, 11) is 1.83. The van der Waals surface area contributed by atoms with Crippen molar-refractivity contribution in [3.63, 3.8) is 0 Å². The van der Waals surface area contributed by atoms with Gasteiger partial charge in [-0.05, 0) is 30.7 Å². The lowest BCUT2D eigenvalue weighted by Gasteiger charge is -2.17. The fourth-order valence-electron chi connectivity index (χ4n) is 3.57. The zero-order chi connectivity index (χ0) is 21.8. The maximum Gasteiger partial charge on any atom is 0.283 e. The maximum absolute atomic E-state index is 10.8. The molecule has 9 heteroatoms. The quantitative estimate of drug-likeness (QED) is 0.333. The number of hydrogen-bond acceptors (Lipinski definition) is 7. The highest BCUT2D eigenvalue weighted by molar-refractivity contribution is 5.83. The standard InChI is InChI=1S/C22H22N6O3/c1-3-10-28(14-20-25-26-22(31-20)19-9-6-11-30-19)13-18(29)15(12-23)21-24-16-7-4-5-8-17(16)27(21)2/h4-9,11,29H,3,10,13-14H2,1-2H3/p+1/b18-15-. The van der Waals surface area contributed by atoms with Crippen LogP contribution in [0.15, 0.2) is 57.3 Å². The Kier molecular flexibility index (Phi) is 5.82. The van der Waals surface area contributed by atoms with E-state index in [4.69, 9.17) is 8.83 Å². The SMILES string of the molecule is CCC[NH+](C/C(O)=C(\C#N)c1nc2ccccc2n1C)Cc1nnc(-c2ccco2)o1. The molecule has 3 aromatic heterocycles. The molecule has 158 valence electrons. The number of aliphatic hydroxyl groups excluding tert-OH is 1. The predicted octanol–water partition coefficient (Wildman–Crippen LogP) is 2.50. The number of aryl methyl sites for hydroxylation is 1. The van der Waals surface area contributed by atoms with Crippen LogP contribution in [-0.4, -0.2) is 37.9 Å². The van der Waals surface area contributed by atoms with Crippen LogP contribution in [0.1, 0.15) is 25.1 Å². The van der Waals surface area contributed by atoms with Crippen LogP contribution in [0.5, 0.6) is 0 Å². The zero-order valence-electron chi connectivity index (χ0n) is 17.4. The number of nitrogens with zero attached hydrogens (tertiary/aromatic N) is 5. The second-order valence-corrected chi connectivity index (χ2v) is 7.25. The first-order valence-electron chi connectivity index (χ1n) is 10.0. The number of nitriles is 1. The summed E-state index contributed by atoms with van der Waals surface area (Å²) in [4.78, 5) is 5.52. The van der Waals surface area contributed by atoms with Gasteiger partial charge in [0.25, 0.3) is 11.8 Å². The van der Waals surface area contributed by atoms with Crippen LogP contribution in [0.4, 0.5) is 0 Å². The molecule has 0 aliphatic carbocycles. The number of aromatic nitrogens is 4. The summed E-state index contributed by atoms with van der Waals surface area (Å²) < 4.78 is 12.8. The molecule has 1 unspecified atom stereocenters. The van der Waals surface area contributed by atoms with Crippen LogP contribution in [0, 0.1) is 11.3 Å². The van der Waals surface area contributed by atoms with Gasteiger partial charge in [0.1, 0.15) is 18.2 Å². The Labute approximate surface area is 178 Å². The van der Waals surface area contributed by atoms with Crippen molar-refractivity contribution >= 4 is 16.6 Å². The van der Waals surface area contributed by atoms with Crippen LogP contribution >= 0.6 is 0 Å². The summed E-state index contributed by atoms with van der Waals surface area (Å²) in [5.74, 6) is 1.68. The minimum atomic E-state index is -0.0184. The van der Waals surface area contributed by atoms with Crippen molar-refractivity contribution in [1.29, 1.82) is 5.26 Å². The average Bonchev–Trinajstić information content (AvgIpc) is 3.50. The van der Waals surface area contributed by atoms with Gasteiger partial charge in [-0.15, -0.1) is 10.2 Å².